The summed E-state index contributed by atoms with van der Waals surface area (Å²) in [5.74, 6) is -1.01. The molecule has 0 bridgehead atoms. The van der Waals surface area contributed by atoms with Crippen LogP contribution in [0.3, 0.4) is 0 Å². The summed E-state index contributed by atoms with van der Waals surface area (Å²) in [6.07, 6.45) is 0. The standard InChI is InChI=1S/C21H17ClFNO2/c22-18-9-5-4-8-16(18)21(26)17-11-19(23)15(13-25)10-20(17)24-12-14-6-2-1-3-7-14/h1-11,24-25H,12-13H2. The molecule has 3 aromatic carbocycles. The fourth-order valence-electron chi connectivity index (χ4n) is 2.66. The Kier molecular flexibility index (Phi) is 5.66. The molecule has 3 aromatic rings. The predicted molar refractivity (Wildman–Crippen MR) is 101 cm³/mol. The number of carbonyl (C=O) groups excluding carboxylic acids is 1. The van der Waals surface area contributed by atoms with Gasteiger partial charge in [0.15, 0.2) is 5.78 Å². The van der Waals surface area contributed by atoms with Crippen molar-refractivity contribution in [1.29, 1.82) is 0 Å². The second kappa shape index (κ2) is 8.13. The van der Waals surface area contributed by atoms with Crippen LogP contribution in [0.4, 0.5) is 10.1 Å². The molecule has 0 aromatic heterocycles. The van der Waals surface area contributed by atoms with Crippen molar-refractivity contribution in [2.75, 3.05) is 5.32 Å². The fourth-order valence-corrected chi connectivity index (χ4v) is 2.88. The van der Waals surface area contributed by atoms with E-state index in [1.165, 1.54) is 6.07 Å². The van der Waals surface area contributed by atoms with Gasteiger partial charge < -0.3 is 10.4 Å². The van der Waals surface area contributed by atoms with Crippen LogP contribution in [0.5, 0.6) is 0 Å². The lowest BCUT2D eigenvalue weighted by Gasteiger charge is -2.14. The second-order valence-corrected chi connectivity index (χ2v) is 6.20. The summed E-state index contributed by atoms with van der Waals surface area (Å²) in [5, 5.41) is 12.8. The van der Waals surface area contributed by atoms with E-state index < -0.39 is 12.4 Å². The van der Waals surface area contributed by atoms with Gasteiger partial charge in [-0.25, -0.2) is 4.39 Å². The minimum Gasteiger partial charge on any atom is -0.392 e. The molecule has 0 aliphatic rings. The van der Waals surface area contributed by atoms with Crippen LogP contribution < -0.4 is 5.32 Å². The van der Waals surface area contributed by atoms with Crippen LogP contribution >= 0.6 is 11.6 Å². The molecule has 0 saturated heterocycles. The number of aliphatic hydroxyl groups excluding tert-OH is 1. The maximum absolute atomic E-state index is 14.2. The van der Waals surface area contributed by atoms with E-state index in [2.05, 4.69) is 5.32 Å². The van der Waals surface area contributed by atoms with Gasteiger partial charge in [-0.1, -0.05) is 54.1 Å². The maximum atomic E-state index is 14.2. The molecule has 3 nitrogen and oxygen atoms in total. The zero-order valence-electron chi connectivity index (χ0n) is 13.9. The fraction of sp³-hybridized carbons (Fsp3) is 0.0952. The Hall–Kier alpha value is -2.69. The Morgan fingerprint density at radius 1 is 1.00 bits per heavy atom. The number of carbonyl (C=O) groups is 1. The van der Waals surface area contributed by atoms with Crippen molar-refractivity contribution in [3.8, 4) is 0 Å². The molecule has 0 spiro atoms. The Bertz CT molecular complexity index is 929. The third-order valence-corrected chi connectivity index (χ3v) is 4.38. The summed E-state index contributed by atoms with van der Waals surface area (Å²) in [6, 6.07) is 18.9. The number of rotatable bonds is 6. The number of ketones is 1. The molecule has 0 aliphatic carbocycles. The van der Waals surface area contributed by atoms with Gasteiger partial charge in [-0.2, -0.15) is 0 Å². The highest BCUT2D eigenvalue weighted by Crippen LogP contribution is 2.27. The normalized spacial score (nSPS) is 10.6. The number of anilines is 1. The van der Waals surface area contributed by atoms with E-state index in [9.17, 15) is 14.3 Å². The lowest BCUT2D eigenvalue weighted by atomic mass is 9.99. The molecule has 0 aliphatic heterocycles. The highest BCUT2D eigenvalue weighted by Gasteiger charge is 2.19. The lowest BCUT2D eigenvalue weighted by molar-refractivity contribution is 0.103. The van der Waals surface area contributed by atoms with Crippen molar-refractivity contribution in [2.24, 2.45) is 0 Å². The van der Waals surface area contributed by atoms with E-state index >= 15 is 0 Å². The summed E-state index contributed by atoms with van der Waals surface area (Å²) >= 11 is 6.12. The first-order valence-electron chi connectivity index (χ1n) is 8.10. The molecule has 0 saturated carbocycles. The van der Waals surface area contributed by atoms with Crippen LogP contribution in [0.1, 0.15) is 27.0 Å². The summed E-state index contributed by atoms with van der Waals surface area (Å²) in [6.45, 7) is 0.00650. The molecular formula is C21H17ClFNO2. The lowest BCUT2D eigenvalue weighted by Crippen LogP contribution is -2.10. The molecule has 0 heterocycles. The van der Waals surface area contributed by atoms with Gasteiger partial charge in [-0.15, -0.1) is 0 Å². The van der Waals surface area contributed by atoms with Crippen molar-refractivity contribution in [3.05, 3.63) is 99.8 Å². The predicted octanol–water partition coefficient (Wildman–Crippen LogP) is 4.81. The zero-order valence-corrected chi connectivity index (χ0v) is 14.6. The van der Waals surface area contributed by atoms with Gasteiger partial charge in [0.05, 0.1) is 11.6 Å². The third-order valence-electron chi connectivity index (χ3n) is 4.05. The highest BCUT2D eigenvalue weighted by atomic mass is 35.5. The van der Waals surface area contributed by atoms with Gasteiger partial charge in [-0.3, -0.25) is 4.79 Å². The molecule has 0 fully saturated rings. The zero-order chi connectivity index (χ0) is 18.5. The molecule has 2 N–H and O–H groups in total. The largest absolute Gasteiger partial charge is 0.392 e. The number of aliphatic hydroxyl groups is 1. The van der Waals surface area contributed by atoms with Gasteiger partial charge in [-0.05, 0) is 29.8 Å². The van der Waals surface area contributed by atoms with Crippen molar-refractivity contribution in [2.45, 2.75) is 13.2 Å². The van der Waals surface area contributed by atoms with Crippen LogP contribution in [0.15, 0.2) is 66.7 Å². The molecule has 26 heavy (non-hydrogen) atoms. The average molecular weight is 370 g/mol. The first-order chi connectivity index (χ1) is 12.6. The van der Waals surface area contributed by atoms with Crippen molar-refractivity contribution < 1.29 is 14.3 Å². The molecule has 0 amide bonds. The minimum atomic E-state index is -0.631. The number of hydrogen-bond acceptors (Lipinski definition) is 3. The van der Waals surface area contributed by atoms with Crippen LogP contribution in [-0.2, 0) is 13.2 Å². The summed E-state index contributed by atoms with van der Waals surface area (Å²) in [7, 11) is 0. The van der Waals surface area contributed by atoms with Crippen LogP contribution in [0.2, 0.25) is 5.02 Å². The molecule has 0 radical (unpaired) electrons. The molecular weight excluding hydrogens is 353 g/mol. The maximum Gasteiger partial charge on any atom is 0.196 e. The Morgan fingerprint density at radius 2 is 1.69 bits per heavy atom. The van der Waals surface area contributed by atoms with Gasteiger partial charge in [0.25, 0.3) is 0 Å². The minimum absolute atomic E-state index is 0.122. The first-order valence-corrected chi connectivity index (χ1v) is 8.48. The molecule has 0 atom stereocenters. The van der Waals surface area contributed by atoms with Crippen molar-refractivity contribution in [3.63, 3.8) is 0 Å². The first kappa shape index (κ1) is 18.1. The summed E-state index contributed by atoms with van der Waals surface area (Å²) < 4.78 is 14.2. The third kappa shape index (κ3) is 3.93. The SMILES string of the molecule is O=C(c1ccccc1Cl)c1cc(F)c(CO)cc1NCc1ccccc1. The van der Waals surface area contributed by atoms with E-state index in [0.29, 0.717) is 22.8 Å². The molecule has 132 valence electrons. The van der Waals surface area contributed by atoms with Crippen LogP contribution in [0.25, 0.3) is 0 Å². The van der Waals surface area contributed by atoms with Gasteiger partial charge in [0, 0.05) is 28.9 Å². The summed E-state index contributed by atoms with van der Waals surface area (Å²) in [5.41, 5.74) is 2.05. The smallest absolute Gasteiger partial charge is 0.196 e. The molecule has 0 unspecified atom stereocenters. The van der Waals surface area contributed by atoms with E-state index in [0.717, 1.165) is 11.6 Å². The average Bonchev–Trinajstić information content (AvgIpc) is 2.67. The van der Waals surface area contributed by atoms with E-state index in [4.69, 9.17) is 11.6 Å². The van der Waals surface area contributed by atoms with E-state index in [1.54, 1.807) is 24.3 Å². The Labute approximate surface area is 156 Å². The van der Waals surface area contributed by atoms with Crippen LogP contribution in [-0.4, -0.2) is 10.9 Å². The quantitative estimate of drug-likeness (QED) is 0.613. The van der Waals surface area contributed by atoms with Gasteiger partial charge >= 0.3 is 0 Å². The molecule has 5 heteroatoms. The van der Waals surface area contributed by atoms with Crippen LogP contribution in [0, 0.1) is 5.82 Å². The van der Waals surface area contributed by atoms with E-state index in [-0.39, 0.29) is 16.9 Å². The van der Waals surface area contributed by atoms with Crippen molar-refractivity contribution in [1.82, 2.24) is 0 Å². The number of nitrogens with one attached hydrogen (secondary N) is 1. The number of hydrogen-bond donors (Lipinski definition) is 2. The Balaban J connectivity index is 1.99. The number of halogens is 2. The topological polar surface area (TPSA) is 49.3 Å². The number of benzene rings is 3. The summed E-state index contributed by atoms with van der Waals surface area (Å²) in [4.78, 5) is 12.9. The van der Waals surface area contributed by atoms with Gasteiger partial charge in [0.1, 0.15) is 5.82 Å². The second-order valence-electron chi connectivity index (χ2n) is 5.80. The van der Waals surface area contributed by atoms with E-state index in [1.807, 2.05) is 30.3 Å². The van der Waals surface area contributed by atoms with Gasteiger partial charge in [0.2, 0.25) is 0 Å². The Morgan fingerprint density at radius 3 is 2.38 bits per heavy atom. The monoisotopic (exact) mass is 369 g/mol. The van der Waals surface area contributed by atoms with Crippen molar-refractivity contribution >= 4 is 23.1 Å². The molecule has 3 rings (SSSR count). The highest BCUT2D eigenvalue weighted by molar-refractivity contribution is 6.35.